The first kappa shape index (κ1) is 26.0. The lowest BCUT2D eigenvalue weighted by Gasteiger charge is -2.42. The molecule has 5 rings (SSSR count). The number of fused-ring (bicyclic) bond motifs is 3. The van der Waals surface area contributed by atoms with Crippen molar-refractivity contribution in [3.8, 4) is 5.75 Å². The zero-order valence-electron chi connectivity index (χ0n) is 22.3. The topological polar surface area (TPSA) is 73.4 Å². The Bertz CT molecular complexity index is 972. The van der Waals surface area contributed by atoms with Crippen LogP contribution in [0, 0.1) is 11.8 Å². The second-order valence-electron chi connectivity index (χ2n) is 11.3. The molecule has 0 unspecified atom stereocenters. The standard InChI is InChI=1S/C29H42N4O4/c1-22(34)30-13-15-31(16-14-30)28(35)18-23-11-12-32-19-24(23)7-5-17-37-27-10-3-2-6-25(27)20-33(21-29(32)36)26-8-4-9-26/h2-3,6,10,23-24,26H,4-5,7-9,11-21H2,1H3/t23-,24-/m0/s1. The summed E-state index contributed by atoms with van der Waals surface area (Å²) in [5.74, 6) is 2.00. The normalized spacial score (nSPS) is 26.2. The smallest absolute Gasteiger partial charge is 0.236 e. The van der Waals surface area contributed by atoms with E-state index in [1.165, 1.54) is 6.42 Å². The third-order valence-corrected chi connectivity index (χ3v) is 9.01. The Morgan fingerprint density at radius 1 is 0.919 bits per heavy atom. The van der Waals surface area contributed by atoms with Gasteiger partial charge in [0.05, 0.1) is 13.2 Å². The van der Waals surface area contributed by atoms with E-state index >= 15 is 0 Å². The molecule has 1 aromatic carbocycles. The van der Waals surface area contributed by atoms with Crippen LogP contribution >= 0.6 is 0 Å². The van der Waals surface area contributed by atoms with E-state index in [2.05, 4.69) is 21.9 Å². The van der Waals surface area contributed by atoms with Gasteiger partial charge in [0.15, 0.2) is 0 Å². The van der Waals surface area contributed by atoms with Crippen LogP contribution < -0.4 is 4.74 Å². The number of carbonyl (C=O) groups is 3. The lowest BCUT2D eigenvalue weighted by atomic mass is 9.80. The number of hydrogen-bond donors (Lipinski definition) is 0. The van der Waals surface area contributed by atoms with Gasteiger partial charge < -0.3 is 19.4 Å². The van der Waals surface area contributed by atoms with E-state index in [4.69, 9.17) is 4.74 Å². The summed E-state index contributed by atoms with van der Waals surface area (Å²) in [7, 11) is 0. The van der Waals surface area contributed by atoms with Crippen molar-refractivity contribution in [1.82, 2.24) is 19.6 Å². The number of ether oxygens (including phenoxy) is 1. The zero-order valence-corrected chi connectivity index (χ0v) is 22.3. The molecule has 4 aliphatic rings. The number of carbonyl (C=O) groups excluding carboxylic acids is 3. The summed E-state index contributed by atoms with van der Waals surface area (Å²) in [5, 5.41) is 0. The molecule has 3 aliphatic heterocycles. The molecule has 2 bridgehead atoms. The van der Waals surface area contributed by atoms with Gasteiger partial charge in [-0.15, -0.1) is 0 Å². The van der Waals surface area contributed by atoms with Gasteiger partial charge in [-0.1, -0.05) is 24.6 Å². The van der Waals surface area contributed by atoms with Crippen molar-refractivity contribution >= 4 is 17.7 Å². The van der Waals surface area contributed by atoms with E-state index in [0.29, 0.717) is 57.7 Å². The minimum Gasteiger partial charge on any atom is -0.493 e. The molecule has 8 nitrogen and oxygen atoms in total. The SMILES string of the molecule is CC(=O)N1CCN(C(=O)C[C@@H]2CCN3C[C@@H]2CCCOc2ccccc2CN(C2CCC2)CC3=O)CC1. The first-order valence-electron chi connectivity index (χ1n) is 14.2. The molecule has 202 valence electrons. The molecular weight excluding hydrogens is 468 g/mol. The van der Waals surface area contributed by atoms with Crippen molar-refractivity contribution in [2.45, 2.75) is 64.5 Å². The van der Waals surface area contributed by atoms with Crippen molar-refractivity contribution in [2.75, 3.05) is 52.4 Å². The number of amides is 3. The summed E-state index contributed by atoms with van der Waals surface area (Å²) in [5.41, 5.74) is 1.16. The third kappa shape index (κ3) is 6.28. The molecule has 1 aliphatic carbocycles. The van der Waals surface area contributed by atoms with Crippen LogP contribution in [0.5, 0.6) is 5.75 Å². The molecule has 3 fully saturated rings. The maximum Gasteiger partial charge on any atom is 0.236 e. The van der Waals surface area contributed by atoms with Crippen LogP contribution in [0.3, 0.4) is 0 Å². The molecule has 0 radical (unpaired) electrons. The lowest BCUT2D eigenvalue weighted by Crippen LogP contribution is -2.52. The molecule has 0 N–H and O–H groups in total. The van der Waals surface area contributed by atoms with Crippen LogP contribution in [-0.4, -0.2) is 95.8 Å². The summed E-state index contributed by atoms with van der Waals surface area (Å²) >= 11 is 0. The molecule has 37 heavy (non-hydrogen) atoms. The second-order valence-corrected chi connectivity index (χ2v) is 11.3. The molecule has 2 saturated heterocycles. The number of benzene rings is 1. The lowest BCUT2D eigenvalue weighted by molar-refractivity contribution is -0.141. The van der Waals surface area contributed by atoms with Crippen LogP contribution in [0.1, 0.15) is 57.4 Å². The Labute approximate surface area is 220 Å². The van der Waals surface area contributed by atoms with Crippen molar-refractivity contribution < 1.29 is 19.1 Å². The highest BCUT2D eigenvalue weighted by Crippen LogP contribution is 2.33. The highest BCUT2D eigenvalue weighted by Gasteiger charge is 2.36. The monoisotopic (exact) mass is 510 g/mol. The Morgan fingerprint density at radius 2 is 1.68 bits per heavy atom. The van der Waals surface area contributed by atoms with E-state index in [9.17, 15) is 14.4 Å². The molecular formula is C29H42N4O4. The molecule has 0 aromatic heterocycles. The Kier molecular flexibility index (Phi) is 8.33. The quantitative estimate of drug-likeness (QED) is 0.625. The summed E-state index contributed by atoms with van der Waals surface area (Å²) in [6.45, 7) is 7.38. The van der Waals surface area contributed by atoms with Gasteiger partial charge in [-0.2, -0.15) is 0 Å². The number of rotatable bonds is 3. The van der Waals surface area contributed by atoms with Crippen LogP contribution in [0.25, 0.3) is 0 Å². The van der Waals surface area contributed by atoms with Crippen molar-refractivity contribution in [3.63, 3.8) is 0 Å². The van der Waals surface area contributed by atoms with Gasteiger partial charge >= 0.3 is 0 Å². The van der Waals surface area contributed by atoms with E-state index in [1.807, 2.05) is 21.9 Å². The van der Waals surface area contributed by atoms with E-state index < -0.39 is 0 Å². The maximum atomic E-state index is 13.5. The third-order valence-electron chi connectivity index (χ3n) is 9.01. The van der Waals surface area contributed by atoms with Gasteiger partial charge in [0.1, 0.15) is 5.75 Å². The summed E-state index contributed by atoms with van der Waals surface area (Å²) < 4.78 is 6.25. The number of para-hydroxylation sites is 1. The zero-order chi connectivity index (χ0) is 25.8. The summed E-state index contributed by atoms with van der Waals surface area (Å²) in [6.07, 6.45) is 6.82. The average Bonchev–Trinajstić information content (AvgIpc) is 2.87. The fraction of sp³-hybridized carbons (Fsp3) is 0.690. The number of piperidine rings is 1. The Hall–Kier alpha value is -2.61. The van der Waals surface area contributed by atoms with Gasteiger partial charge in [0.2, 0.25) is 17.7 Å². The molecule has 8 heteroatoms. The van der Waals surface area contributed by atoms with E-state index in [1.54, 1.807) is 6.92 Å². The summed E-state index contributed by atoms with van der Waals surface area (Å²) in [6, 6.07) is 8.72. The predicted molar refractivity (Wildman–Crippen MR) is 141 cm³/mol. The fourth-order valence-corrected chi connectivity index (χ4v) is 6.39. The van der Waals surface area contributed by atoms with Gasteiger partial charge in [0, 0.05) is 70.8 Å². The molecule has 1 aromatic rings. The van der Waals surface area contributed by atoms with Gasteiger partial charge in [0.25, 0.3) is 0 Å². The summed E-state index contributed by atoms with van der Waals surface area (Å²) in [4.78, 5) is 46.5. The first-order valence-corrected chi connectivity index (χ1v) is 14.2. The maximum absolute atomic E-state index is 13.5. The minimum absolute atomic E-state index is 0.0777. The van der Waals surface area contributed by atoms with E-state index in [0.717, 1.165) is 63.1 Å². The molecule has 3 amide bonds. The molecule has 3 heterocycles. The fourth-order valence-electron chi connectivity index (χ4n) is 6.39. The molecule has 1 saturated carbocycles. The van der Waals surface area contributed by atoms with Crippen molar-refractivity contribution in [1.29, 1.82) is 0 Å². The van der Waals surface area contributed by atoms with Crippen molar-refractivity contribution in [3.05, 3.63) is 29.8 Å². The second kappa shape index (κ2) is 11.8. The molecule has 2 atom stereocenters. The van der Waals surface area contributed by atoms with Gasteiger partial charge in [-0.05, 0) is 50.0 Å². The largest absolute Gasteiger partial charge is 0.493 e. The molecule has 0 spiro atoms. The highest BCUT2D eigenvalue weighted by atomic mass is 16.5. The van der Waals surface area contributed by atoms with Gasteiger partial charge in [-0.25, -0.2) is 0 Å². The minimum atomic E-state index is 0.0777. The Morgan fingerprint density at radius 3 is 2.41 bits per heavy atom. The first-order chi connectivity index (χ1) is 18.0. The number of hydrogen-bond acceptors (Lipinski definition) is 5. The van der Waals surface area contributed by atoms with Crippen molar-refractivity contribution in [2.24, 2.45) is 11.8 Å². The van der Waals surface area contributed by atoms with Crippen LogP contribution in [-0.2, 0) is 20.9 Å². The number of piperazine rings is 1. The van der Waals surface area contributed by atoms with Crippen LogP contribution in [0.4, 0.5) is 0 Å². The van der Waals surface area contributed by atoms with Crippen LogP contribution in [0.15, 0.2) is 24.3 Å². The van der Waals surface area contributed by atoms with Gasteiger partial charge in [-0.3, -0.25) is 19.3 Å². The average molecular weight is 511 g/mol. The van der Waals surface area contributed by atoms with Crippen LogP contribution in [0.2, 0.25) is 0 Å². The predicted octanol–water partition coefficient (Wildman–Crippen LogP) is 2.76. The van der Waals surface area contributed by atoms with E-state index in [-0.39, 0.29) is 23.6 Å². The Balaban J connectivity index is 1.26. The highest BCUT2D eigenvalue weighted by molar-refractivity contribution is 5.79. The number of nitrogens with zero attached hydrogens (tertiary/aromatic N) is 4.